The minimum absolute atomic E-state index is 0.135. The highest BCUT2D eigenvalue weighted by molar-refractivity contribution is 9.09. The molecule has 2 nitrogen and oxygen atoms in total. The van der Waals surface area contributed by atoms with Crippen molar-refractivity contribution in [3.05, 3.63) is 35.4 Å². The molecule has 0 saturated heterocycles. The van der Waals surface area contributed by atoms with Crippen LogP contribution < -0.4 is 5.32 Å². The van der Waals surface area contributed by atoms with Crippen LogP contribution in [0.3, 0.4) is 0 Å². The Morgan fingerprint density at radius 1 is 1.47 bits per heavy atom. The molecule has 0 aromatic heterocycles. The van der Waals surface area contributed by atoms with Crippen molar-refractivity contribution in [2.24, 2.45) is 0 Å². The molecule has 1 aromatic rings. The van der Waals surface area contributed by atoms with Crippen molar-refractivity contribution >= 4 is 21.8 Å². The van der Waals surface area contributed by atoms with Gasteiger partial charge in [-0.05, 0) is 24.0 Å². The van der Waals surface area contributed by atoms with Crippen molar-refractivity contribution in [2.45, 2.75) is 43.5 Å². The van der Waals surface area contributed by atoms with E-state index in [4.69, 9.17) is 0 Å². The number of carbonyl (C=O) groups excluding carboxylic acids is 1. The number of nitrogens with one attached hydrogen (secondary N) is 1. The molecule has 17 heavy (non-hydrogen) atoms. The smallest absolute Gasteiger partial charge is 0.220 e. The van der Waals surface area contributed by atoms with Crippen LogP contribution >= 0.6 is 15.9 Å². The first-order chi connectivity index (χ1) is 8.22. The summed E-state index contributed by atoms with van der Waals surface area (Å²) in [6, 6.07) is 8.48. The molecule has 1 aromatic carbocycles. The predicted octanol–water partition coefficient (Wildman–Crippen LogP) is 3.35. The van der Waals surface area contributed by atoms with Crippen LogP contribution in [-0.2, 0) is 11.2 Å². The van der Waals surface area contributed by atoms with Crippen LogP contribution in [0.1, 0.15) is 43.4 Å². The minimum Gasteiger partial charge on any atom is -0.348 e. The van der Waals surface area contributed by atoms with Crippen molar-refractivity contribution in [3.8, 4) is 0 Å². The normalized spacial score (nSPS) is 22.2. The molecule has 0 fully saturated rings. The van der Waals surface area contributed by atoms with E-state index in [1.807, 2.05) is 6.07 Å². The summed E-state index contributed by atoms with van der Waals surface area (Å²) in [6.07, 6.45) is 3.66. The predicted molar refractivity (Wildman–Crippen MR) is 73.3 cm³/mol. The molecule has 2 rings (SSSR count). The molecule has 0 saturated carbocycles. The Hall–Kier alpha value is -0.830. The van der Waals surface area contributed by atoms with Crippen molar-refractivity contribution in [1.29, 1.82) is 0 Å². The molecule has 0 radical (unpaired) electrons. The molecular formula is C14H18BrNO. The number of unbranched alkanes of at least 4 members (excludes halogenated alkanes) is 1. The third-order valence-electron chi connectivity index (χ3n) is 3.24. The molecule has 1 amide bonds. The van der Waals surface area contributed by atoms with Gasteiger partial charge in [0.2, 0.25) is 5.91 Å². The molecule has 3 heteroatoms. The Morgan fingerprint density at radius 3 is 3.00 bits per heavy atom. The highest BCUT2D eigenvalue weighted by Crippen LogP contribution is 2.35. The first-order valence-electron chi connectivity index (χ1n) is 6.23. The number of rotatable bonds is 4. The lowest BCUT2D eigenvalue weighted by atomic mass is 10.1. The third kappa shape index (κ3) is 2.89. The molecule has 1 aliphatic carbocycles. The minimum atomic E-state index is 0.135. The van der Waals surface area contributed by atoms with Crippen LogP contribution in [0, 0.1) is 0 Å². The third-order valence-corrected chi connectivity index (χ3v) is 4.09. The zero-order valence-corrected chi connectivity index (χ0v) is 11.7. The number of alkyl halides is 1. The fraction of sp³-hybridized carbons (Fsp3) is 0.500. The second-order valence-corrected chi connectivity index (χ2v) is 5.74. The molecule has 0 heterocycles. The molecule has 2 atom stereocenters. The zero-order valence-electron chi connectivity index (χ0n) is 10.1. The lowest BCUT2D eigenvalue weighted by Crippen LogP contribution is -2.31. The lowest BCUT2D eigenvalue weighted by Gasteiger charge is -2.17. The number of amides is 1. The van der Waals surface area contributed by atoms with E-state index in [0.717, 1.165) is 19.3 Å². The van der Waals surface area contributed by atoms with Crippen LogP contribution in [-0.4, -0.2) is 10.7 Å². The lowest BCUT2D eigenvalue weighted by molar-refractivity contribution is -0.121. The highest BCUT2D eigenvalue weighted by Gasteiger charge is 2.31. The number of carbonyl (C=O) groups is 1. The van der Waals surface area contributed by atoms with Gasteiger partial charge in [-0.2, -0.15) is 0 Å². The topological polar surface area (TPSA) is 29.1 Å². The van der Waals surface area contributed by atoms with Gasteiger partial charge in [0.05, 0.1) is 6.04 Å². The van der Waals surface area contributed by atoms with Gasteiger partial charge in [0, 0.05) is 11.2 Å². The number of hydrogen-bond donors (Lipinski definition) is 1. The van der Waals surface area contributed by atoms with E-state index in [-0.39, 0.29) is 11.9 Å². The monoisotopic (exact) mass is 295 g/mol. The van der Waals surface area contributed by atoms with Gasteiger partial charge in [0.25, 0.3) is 0 Å². The van der Waals surface area contributed by atoms with E-state index in [9.17, 15) is 4.79 Å². The van der Waals surface area contributed by atoms with E-state index < -0.39 is 0 Å². The van der Waals surface area contributed by atoms with Gasteiger partial charge in [-0.15, -0.1) is 0 Å². The first-order valence-corrected chi connectivity index (χ1v) is 7.15. The summed E-state index contributed by atoms with van der Waals surface area (Å²) in [7, 11) is 0. The Bertz CT molecular complexity index is 405. The van der Waals surface area contributed by atoms with Crippen molar-refractivity contribution in [1.82, 2.24) is 5.32 Å². The summed E-state index contributed by atoms with van der Waals surface area (Å²) >= 11 is 3.67. The van der Waals surface area contributed by atoms with Crippen LogP contribution in [0.2, 0.25) is 0 Å². The van der Waals surface area contributed by atoms with E-state index in [1.54, 1.807) is 0 Å². The Kier molecular flexibility index (Phi) is 4.21. The molecule has 1 N–H and O–H groups in total. The van der Waals surface area contributed by atoms with E-state index in [1.165, 1.54) is 11.1 Å². The van der Waals surface area contributed by atoms with Gasteiger partial charge in [-0.1, -0.05) is 53.5 Å². The Balaban J connectivity index is 2.04. The quantitative estimate of drug-likeness (QED) is 0.848. The molecule has 0 spiro atoms. The number of hydrogen-bond acceptors (Lipinski definition) is 1. The van der Waals surface area contributed by atoms with Crippen LogP contribution in [0.5, 0.6) is 0 Å². The van der Waals surface area contributed by atoms with E-state index in [0.29, 0.717) is 11.2 Å². The van der Waals surface area contributed by atoms with Crippen LogP contribution in [0.15, 0.2) is 24.3 Å². The average molecular weight is 296 g/mol. The second kappa shape index (κ2) is 5.67. The maximum absolute atomic E-state index is 11.8. The summed E-state index contributed by atoms with van der Waals surface area (Å²) in [5.41, 5.74) is 2.61. The van der Waals surface area contributed by atoms with Gasteiger partial charge >= 0.3 is 0 Å². The molecule has 1 aliphatic rings. The largest absolute Gasteiger partial charge is 0.348 e. The average Bonchev–Trinajstić information content (AvgIpc) is 2.64. The summed E-state index contributed by atoms with van der Waals surface area (Å²) in [5, 5.41) is 3.13. The summed E-state index contributed by atoms with van der Waals surface area (Å²) < 4.78 is 0. The van der Waals surface area contributed by atoms with Gasteiger partial charge in [0.15, 0.2) is 0 Å². The summed E-state index contributed by atoms with van der Waals surface area (Å²) in [4.78, 5) is 12.1. The molecular weight excluding hydrogens is 278 g/mol. The zero-order chi connectivity index (χ0) is 12.3. The van der Waals surface area contributed by atoms with Gasteiger partial charge in [-0.25, -0.2) is 0 Å². The maximum Gasteiger partial charge on any atom is 0.220 e. The second-order valence-electron chi connectivity index (χ2n) is 4.57. The SMILES string of the molecule is CCCCC(=O)NC1c2ccccc2CC1Br. The van der Waals surface area contributed by atoms with E-state index in [2.05, 4.69) is 46.4 Å². The van der Waals surface area contributed by atoms with Crippen molar-refractivity contribution in [3.63, 3.8) is 0 Å². The molecule has 0 bridgehead atoms. The molecule has 92 valence electrons. The molecule has 2 unspecified atom stereocenters. The van der Waals surface area contributed by atoms with E-state index >= 15 is 0 Å². The van der Waals surface area contributed by atoms with Crippen molar-refractivity contribution < 1.29 is 4.79 Å². The summed E-state index contributed by atoms with van der Waals surface area (Å²) in [5.74, 6) is 0.165. The first kappa shape index (κ1) is 12.6. The van der Waals surface area contributed by atoms with Gasteiger partial charge in [-0.3, -0.25) is 4.79 Å². The fourth-order valence-corrected chi connectivity index (χ4v) is 3.06. The van der Waals surface area contributed by atoms with Gasteiger partial charge < -0.3 is 5.32 Å². The number of fused-ring (bicyclic) bond motifs is 1. The Labute approximate surface area is 111 Å². The highest BCUT2D eigenvalue weighted by atomic mass is 79.9. The summed E-state index contributed by atoms with van der Waals surface area (Å²) in [6.45, 7) is 2.10. The Morgan fingerprint density at radius 2 is 2.24 bits per heavy atom. The maximum atomic E-state index is 11.8. The fourth-order valence-electron chi connectivity index (χ4n) is 2.30. The number of halogens is 1. The standard InChI is InChI=1S/C14H18BrNO/c1-2-3-8-13(17)16-14-11-7-5-4-6-10(11)9-12(14)15/h4-7,12,14H,2-3,8-9H2,1H3,(H,16,17). The van der Waals surface area contributed by atoms with Crippen LogP contribution in [0.4, 0.5) is 0 Å². The van der Waals surface area contributed by atoms with Crippen molar-refractivity contribution in [2.75, 3.05) is 0 Å². The van der Waals surface area contributed by atoms with Gasteiger partial charge in [0.1, 0.15) is 0 Å². The van der Waals surface area contributed by atoms with Crippen LogP contribution in [0.25, 0.3) is 0 Å². The molecule has 0 aliphatic heterocycles. The number of benzene rings is 1.